The van der Waals surface area contributed by atoms with E-state index in [9.17, 15) is 4.79 Å². The second-order valence-corrected chi connectivity index (χ2v) is 5.55. The first-order valence-corrected chi connectivity index (χ1v) is 7.86. The Morgan fingerprint density at radius 3 is 2.44 bits per heavy atom. The Morgan fingerprint density at radius 2 is 1.80 bits per heavy atom. The van der Waals surface area contributed by atoms with Crippen LogP contribution in [0.25, 0.3) is 0 Å². The van der Waals surface area contributed by atoms with Gasteiger partial charge in [-0.25, -0.2) is 0 Å². The van der Waals surface area contributed by atoms with Crippen LogP contribution in [0.1, 0.15) is 15.9 Å². The summed E-state index contributed by atoms with van der Waals surface area (Å²) in [7, 11) is 5.15. The fourth-order valence-corrected chi connectivity index (χ4v) is 2.42. The Morgan fingerprint density at radius 1 is 1.08 bits per heavy atom. The molecule has 0 radical (unpaired) electrons. The van der Waals surface area contributed by atoms with Gasteiger partial charge in [-0.05, 0) is 30.8 Å². The molecule has 0 aliphatic carbocycles. The lowest BCUT2D eigenvalue weighted by Gasteiger charge is -2.17. The molecule has 2 aromatic carbocycles. The molecule has 25 heavy (non-hydrogen) atoms. The first-order valence-electron chi connectivity index (χ1n) is 7.86. The third kappa shape index (κ3) is 6.29. The summed E-state index contributed by atoms with van der Waals surface area (Å²) in [5.74, 6) is 0.993. The minimum absolute atomic E-state index is 0. The molecular weight excluding hydrogens is 340 g/mol. The fourth-order valence-electron chi connectivity index (χ4n) is 2.42. The highest BCUT2D eigenvalue weighted by Gasteiger charge is 2.13. The molecule has 6 heteroatoms. The molecule has 136 valence electrons. The van der Waals surface area contributed by atoms with Crippen LogP contribution in [0.5, 0.6) is 11.5 Å². The molecule has 0 spiro atoms. The van der Waals surface area contributed by atoms with Gasteiger partial charge in [0, 0.05) is 19.6 Å². The Hall–Kier alpha value is -2.24. The lowest BCUT2D eigenvalue weighted by Crippen LogP contribution is -2.33. The zero-order valence-electron chi connectivity index (χ0n) is 14.8. The quantitative estimate of drug-likeness (QED) is 0.782. The van der Waals surface area contributed by atoms with Crippen LogP contribution in [0, 0.1) is 0 Å². The van der Waals surface area contributed by atoms with E-state index in [1.807, 2.05) is 25.2 Å². The van der Waals surface area contributed by atoms with E-state index < -0.39 is 0 Å². The van der Waals surface area contributed by atoms with Crippen LogP contribution in [0.3, 0.4) is 0 Å². The highest BCUT2D eigenvalue weighted by atomic mass is 35.5. The van der Waals surface area contributed by atoms with Crippen LogP contribution < -0.4 is 14.8 Å². The van der Waals surface area contributed by atoms with E-state index in [2.05, 4.69) is 22.3 Å². The van der Waals surface area contributed by atoms with Crippen molar-refractivity contribution < 1.29 is 14.3 Å². The number of carbonyl (C=O) groups excluding carboxylic acids is 1. The summed E-state index contributed by atoms with van der Waals surface area (Å²) in [6.45, 7) is 2.16. The molecule has 0 unspecified atom stereocenters. The summed E-state index contributed by atoms with van der Waals surface area (Å²) < 4.78 is 10.4. The van der Waals surface area contributed by atoms with E-state index in [-0.39, 0.29) is 18.3 Å². The van der Waals surface area contributed by atoms with Crippen LogP contribution >= 0.6 is 12.4 Å². The molecule has 0 bridgehead atoms. The van der Waals surface area contributed by atoms with Gasteiger partial charge in [0.05, 0.1) is 19.8 Å². The Bertz CT molecular complexity index is 665. The van der Waals surface area contributed by atoms with Gasteiger partial charge in [-0.2, -0.15) is 0 Å². The van der Waals surface area contributed by atoms with Crippen molar-refractivity contribution in [2.24, 2.45) is 0 Å². The molecular formula is C19H25ClN2O3. The van der Waals surface area contributed by atoms with Crippen molar-refractivity contribution in [1.82, 2.24) is 10.2 Å². The first-order chi connectivity index (χ1) is 11.6. The van der Waals surface area contributed by atoms with Crippen molar-refractivity contribution >= 4 is 18.3 Å². The maximum atomic E-state index is 12.4. The molecule has 0 fully saturated rings. The van der Waals surface area contributed by atoms with Crippen molar-refractivity contribution in [1.29, 1.82) is 0 Å². The zero-order valence-corrected chi connectivity index (χ0v) is 15.6. The second kappa shape index (κ2) is 10.6. The summed E-state index contributed by atoms with van der Waals surface area (Å²) in [5, 5.41) is 2.93. The highest BCUT2D eigenvalue weighted by molar-refractivity contribution is 5.97. The second-order valence-electron chi connectivity index (χ2n) is 5.55. The van der Waals surface area contributed by atoms with Crippen molar-refractivity contribution in [3.63, 3.8) is 0 Å². The molecule has 1 N–H and O–H groups in total. The topological polar surface area (TPSA) is 50.8 Å². The monoisotopic (exact) mass is 364 g/mol. The number of ether oxygens (including phenoxy) is 2. The number of rotatable bonds is 8. The number of likely N-dealkylation sites (N-methyl/N-ethyl adjacent to an activating group) is 1. The van der Waals surface area contributed by atoms with Gasteiger partial charge in [0.2, 0.25) is 0 Å². The van der Waals surface area contributed by atoms with Gasteiger partial charge < -0.3 is 19.7 Å². The van der Waals surface area contributed by atoms with Crippen molar-refractivity contribution in [2.75, 3.05) is 34.4 Å². The molecule has 0 saturated carbocycles. The molecule has 2 aromatic rings. The van der Waals surface area contributed by atoms with E-state index in [4.69, 9.17) is 9.47 Å². The van der Waals surface area contributed by atoms with E-state index in [0.29, 0.717) is 23.6 Å². The largest absolute Gasteiger partial charge is 0.497 e. The predicted molar refractivity (Wildman–Crippen MR) is 102 cm³/mol. The number of hydrogen-bond acceptors (Lipinski definition) is 4. The average molecular weight is 365 g/mol. The van der Waals surface area contributed by atoms with Gasteiger partial charge in [0.1, 0.15) is 11.5 Å². The maximum Gasteiger partial charge on any atom is 0.255 e. The molecule has 0 saturated heterocycles. The molecule has 0 aliphatic heterocycles. The van der Waals surface area contributed by atoms with Gasteiger partial charge in [-0.3, -0.25) is 4.79 Å². The molecule has 0 atom stereocenters. The number of carbonyl (C=O) groups is 1. The third-order valence-corrected chi connectivity index (χ3v) is 3.73. The van der Waals surface area contributed by atoms with Crippen molar-refractivity contribution in [2.45, 2.75) is 6.54 Å². The lowest BCUT2D eigenvalue weighted by atomic mass is 10.1. The Balaban J connectivity index is 0.00000312. The van der Waals surface area contributed by atoms with Gasteiger partial charge in [0.25, 0.3) is 5.91 Å². The number of methoxy groups -OCH3 is 2. The lowest BCUT2D eigenvalue weighted by molar-refractivity contribution is 0.0946. The molecule has 1 amide bonds. The van der Waals surface area contributed by atoms with Gasteiger partial charge in [0.15, 0.2) is 0 Å². The summed E-state index contributed by atoms with van der Waals surface area (Å²) in [4.78, 5) is 14.5. The third-order valence-electron chi connectivity index (χ3n) is 3.73. The van der Waals surface area contributed by atoms with E-state index >= 15 is 0 Å². The SMILES string of the molecule is COc1ccc(OC)c(C(=O)NCCN(C)Cc2ccccc2)c1.Cl. The first kappa shape index (κ1) is 20.8. The van der Waals surface area contributed by atoms with E-state index in [1.165, 1.54) is 5.56 Å². The van der Waals surface area contributed by atoms with Crippen LogP contribution in [0.15, 0.2) is 48.5 Å². The van der Waals surface area contributed by atoms with Gasteiger partial charge in [-0.15, -0.1) is 12.4 Å². The number of hydrogen-bond donors (Lipinski definition) is 1. The van der Waals surface area contributed by atoms with E-state index in [1.54, 1.807) is 32.4 Å². The van der Waals surface area contributed by atoms with Gasteiger partial charge >= 0.3 is 0 Å². The number of nitrogens with zero attached hydrogens (tertiary/aromatic N) is 1. The van der Waals surface area contributed by atoms with Crippen molar-refractivity contribution in [3.05, 3.63) is 59.7 Å². The maximum absolute atomic E-state index is 12.4. The van der Waals surface area contributed by atoms with Crippen LogP contribution in [-0.4, -0.2) is 45.2 Å². The highest BCUT2D eigenvalue weighted by Crippen LogP contribution is 2.23. The average Bonchev–Trinajstić information content (AvgIpc) is 2.61. The standard InChI is InChI=1S/C19H24N2O3.ClH/c1-21(14-15-7-5-4-6-8-15)12-11-20-19(22)17-13-16(23-2)9-10-18(17)24-3;/h4-10,13H,11-12,14H2,1-3H3,(H,20,22);1H. The van der Waals surface area contributed by atoms with E-state index in [0.717, 1.165) is 13.1 Å². The molecule has 0 aromatic heterocycles. The summed E-state index contributed by atoms with van der Waals surface area (Å²) in [6.07, 6.45) is 0. The molecule has 2 rings (SSSR count). The number of halogens is 1. The number of amides is 1. The molecule has 5 nitrogen and oxygen atoms in total. The number of nitrogens with one attached hydrogen (secondary N) is 1. The summed E-state index contributed by atoms with van der Waals surface area (Å²) in [5.41, 5.74) is 1.73. The smallest absolute Gasteiger partial charge is 0.255 e. The fraction of sp³-hybridized carbons (Fsp3) is 0.316. The normalized spacial score (nSPS) is 10.1. The zero-order chi connectivity index (χ0) is 17.4. The van der Waals surface area contributed by atoms with Gasteiger partial charge in [-0.1, -0.05) is 30.3 Å². The van der Waals surface area contributed by atoms with Crippen LogP contribution in [0.4, 0.5) is 0 Å². The Kier molecular flexibility index (Phi) is 8.81. The van der Waals surface area contributed by atoms with Crippen LogP contribution in [-0.2, 0) is 6.54 Å². The Labute approximate surface area is 155 Å². The summed E-state index contributed by atoms with van der Waals surface area (Å²) >= 11 is 0. The minimum atomic E-state index is -0.168. The minimum Gasteiger partial charge on any atom is -0.497 e. The molecule has 0 heterocycles. The predicted octanol–water partition coefficient (Wildman–Crippen LogP) is 2.99. The van der Waals surface area contributed by atoms with Crippen LogP contribution in [0.2, 0.25) is 0 Å². The van der Waals surface area contributed by atoms with Crippen molar-refractivity contribution in [3.8, 4) is 11.5 Å². The summed E-state index contributed by atoms with van der Waals surface area (Å²) in [6, 6.07) is 15.4. The molecule has 0 aliphatic rings. The number of benzene rings is 2.